The lowest BCUT2D eigenvalue weighted by Crippen LogP contribution is -2.03. The van der Waals surface area contributed by atoms with Crippen LogP contribution in [0.3, 0.4) is 0 Å². The Morgan fingerprint density at radius 2 is 1.72 bits per heavy atom. The number of nitrogens with zero attached hydrogens (tertiary/aromatic N) is 4. The summed E-state index contributed by atoms with van der Waals surface area (Å²) in [5, 5.41) is 1.04. The Kier molecular flexibility index (Phi) is 3.50. The number of nitrogens with two attached hydrogens (primary N) is 2. The molecule has 0 aliphatic carbocycles. The van der Waals surface area contributed by atoms with Crippen molar-refractivity contribution in [2.24, 2.45) is 0 Å². The van der Waals surface area contributed by atoms with E-state index in [4.69, 9.17) is 11.5 Å². The van der Waals surface area contributed by atoms with Gasteiger partial charge in [0.2, 0.25) is 5.95 Å². The summed E-state index contributed by atoms with van der Waals surface area (Å²) in [4.78, 5) is 17.4. The highest BCUT2D eigenvalue weighted by Crippen LogP contribution is 2.34. The van der Waals surface area contributed by atoms with Crippen LogP contribution in [0.15, 0.2) is 54.9 Å². The molecule has 4 aromatic rings. The highest BCUT2D eigenvalue weighted by atomic mass is 15.0. The summed E-state index contributed by atoms with van der Waals surface area (Å²) in [5.74, 6) is 0.710. The molecule has 0 saturated heterocycles. The van der Waals surface area contributed by atoms with Crippen LogP contribution < -0.4 is 11.5 Å². The van der Waals surface area contributed by atoms with Gasteiger partial charge in [0.05, 0.1) is 16.9 Å². The number of hydrogen-bond donors (Lipinski definition) is 2. The maximum atomic E-state index is 5.91. The van der Waals surface area contributed by atoms with E-state index in [1.54, 1.807) is 18.5 Å². The zero-order valence-corrected chi connectivity index (χ0v) is 13.6. The van der Waals surface area contributed by atoms with Gasteiger partial charge in [0, 0.05) is 34.5 Å². The number of nitrogen functional groups attached to an aromatic ring is 2. The number of pyridine rings is 2. The van der Waals surface area contributed by atoms with Crippen molar-refractivity contribution in [3.8, 4) is 22.4 Å². The van der Waals surface area contributed by atoms with Gasteiger partial charge in [-0.05, 0) is 37.3 Å². The summed E-state index contributed by atoms with van der Waals surface area (Å²) in [6.07, 6.45) is 3.50. The van der Waals surface area contributed by atoms with Gasteiger partial charge >= 0.3 is 0 Å². The fourth-order valence-corrected chi connectivity index (χ4v) is 2.93. The van der Waals surface area contributed by atoms with E-state index >= 15 is 0 Å². The van der Waals surface area contributed by atoms with Crippen molar-refractivity contribution < 1.29 is 0 Å². The van der Waals surface area contributed by atoms with Gasteiger partial charge in [0.15, 0.2) is 0 Å². The van der Waals surface area contributed by atoms with E-state index < -0.39 is 0 Å². The minimum absolute atomic E-state index is 0.242. The summed E-state index contributed by atoms with van der Waals surface area (Å²) in [6.45, 7) is 1.91. The molecule has 122 valence electrons. The molecule has 4 N–H and O–H groups in total. The molecule has 6 nitrogen and oxygen atoms in total. The van der Waals surface area contributed by atoms with Crippen molar-refractivity contribution in [3.63, 3.8) is 0 Å². The van der Waals surface area contributed by atoms with Crippen LogP contribution in [0.4, 0.5) is 11.8 Å². The maximum absolute atomic E-state index is 5.91. The molecule has 0 unspecified atom stereocenters. The van der Waals surface area contributed by atoms with Gasteiger partial charge in [0.25, 0.3) is 0 Å². The lowest BCUT2D eigenvalue weighted by molar-refractivity contribution is 1.12. The van der Waals surface area contributed by atoms with Crippen molar-refractivity contribution in [2.45, 2.75) is 6.92 Å². The molecular weight excluding hydrogens is 312 g/mol. The van der Waals surface area contributed by atoms with Crippen LogP contribution in [0.25, 0.3) is 33.3 Å². The van der Waals surface area contributed by atoms with Crippen LogP contribution in [-0.2, 0) is 0 Å². The predicted molar refractivity (Wildman–Crippen MR) is 99.6 cm³/mol. The molecule has 4 rings (SSSR count). The molecule has 3 aromatic heterocycles. The second kappa shape index (κ2) is 5.83. The Labute approximate surface area is 144 Å². The van der Waals surface area contributed by atoms with Crippen molar-refractivity contribution in [1.29, 1.82) is 0 Å². The van der Waals surface area contributed by atoms with Gasteiger partial charge in [-0.1, -0.05) is 12.1 Å². The van der Waals surface area contributed by atoms with E-state index in [0.717, 1.165) is 39.0 Å². The van der Waals surface area contributed by atoms with Crippen molar-refractivity contribution >= 4 is 22.7 Å². The molecule has 0 radical (unpaired) electrons. The number of rotatable bonds is 2. The van der Waals surface area contributed by atoms with Crippen LogP contribution in [0.1, 0.15) is 5.69 Å². The van der Waals surface area contributed by atoms with Crippen LogP contribution in [-0.4, -0.2) is 19.9 Å². The van der Waals surface area contributed by atoms with E-state index in [2.05, 4.69) is 26.0 Å². The zero-order valence-electron chi connectivity index (χ0n) is 13.6. The number of fused-ring (bicyclic) bond motifs is 1. The van der Waals surface area contributed by atoms with Crippen molar-refractivity contribution in [3.05, 3.63) is 60.6 Å². The third-order valence-electron chi connectivity index (χ3n) is 4.06. The van der Waals surface area contributed by atoms with Gasteiger partial charge in [-0.25, -0.2) is 15.0 Å². The second-order valence-corrected chi connectivity index (χ2v) is 5.77. The quantitative estimate of drug-likeness (QED) is 0.585. The lowest BCUT2D eigenvalue weighted by atomic mass is 9.98. The molecule has 0 atom stereocenters. The standard InChI is InChI=1S/C19H16N6/c1-11-17(14-5-7-16(20)23-10-14)18(25-19(21)24-11)13-4-6-15-12(9-13)3-2-8-22-15/h2-10H,1H3,(H2,20,23)(H2,21,24,25). The molecule has 1 aromatic carbocycles. The van der Waals surface area contributed by atoms with Gasteiger partial charge in [-0.15, -0.1) is 0 Å². The first-order chi connectivity index (χ1) is 12.1. The van der Waals surface area contributed by atoms with Crippen LogP contribution >= 0.6 is 0 Å². The zero-order chi connectivity index (χ0) is 17.4. The Bertz CT molecular complexity index is 1070. The van der Waals surface area contributed by atoms with E-state index in [-0.39, 0.29) is 5.95 Å². The lowest BCUT2D eigenvalue weighted by Gasteiger charge is -2.13. The van der Waals surface area contributed by atoms with Gasteiger partial charge < -0.3 is 11.5 Å². The molecule has 3 heterocycles. The average molecular weight is 328 g/mol. The van der Waals surface area contributed by atoms with Crippen molar-refractivity contribution in [2.75, 3.05) is 11.5 Å². The molecule has 0 fully saturated rings. The fourth-order valence-electron chi connectivity index (χ4n) is 2.93. The van der Waals surface area contributed by atoms with Gasteiger partial charge in [-0.3, -0.25) is 4.98 Å². The Morgan fingerprint density at radius 3 is 2.52 bits per heavy atom. The number of hydrogen-bond acceptors (Lipinski definition) is 6. The van der Waals surface area contributed by atoms with E-state index in [1.807, 2.05) is 37.3 Å². The minimum atomic E-state index is 0.242. The molecule has 0 spiro atoms. The number of benzene rings is 1. The first-order valence-electron chi connectivity index (χ1n) is 7.83. The summed E-state index contributed by atoms with van der Waals surface area (Å²) >= 11 is 0. The molecule has 0 saturated carbocycles. The third-order valence-corrected chi connectivity index (χ3v) is 4.06. The SMILES string of the molecule is Cc1nc(N)nc(-c2ccc3ncccc3c2)c1-c1ccc(N)nc1. The summed E-state index contributed by atoms with van der Waals surface area (Å²) in [6, 6.07) is 13.6. The molecular formula is C19H16N6. The van der Waals surface area contributed by atoms with Gasteiger partial charge in [-0.2, -0.15) is 0 Å². The van der Waals surface area contributed by atoms with Gasteiger partial charge in [0.1, 0.15) is 5.82 Å². The topological polar surface area (TPSA) is 104 Å². The number of aryl methyl sites for hydroxylation is 1. The normalized spacial score (nSPS) is 10.9. The maximum Gasteiger partial charge on any atom is 0.220 e. The Hall–Kier alpha value is -3.54. The van der Waals surface area contributed by atoms with Crippen LogP contribution in [0, 0.1) is 6.92 Å². The molecule has 6 heteroatoms. The summed E-state index contributed by atoms with van der Waals surface area (Å²) in [5.41, 5.74) is 16.8. The molecule has 0 amide bonds. The van der Waals surface area contributed by atoms with Crippen molar-refractivity contribution in [1.82, 2.24) is 19.9 Å². The minimum Gasteiger partial charge on any atom is -0.384 e. The Balaban J connectivity index is 1.97. The van der Waals surface area contributed by atoms with E-state index in [9.17, 15) is 0 Å². The van der Waals surface area contributed by atoms with E-state index in [1.165, 1.54) is 0 Å². The monoisotopic (exact) mass is 328 g/mol. The molecule has 0 aliphatic rings. The molecule has 0 aliphatic heterocycles. The molecule has 25 heavy (non-hydrogen) atoms. The number of aromatic nitrogens is 4. The second-order valence-electron chi connectivity index (χ2n) is 5.77. The van der Waals surface area contributed by atoms with E-state index in [0.29, 0.717) is 5.82 Å². The highest BCUT2D eigenvalue weighted by Gasteiger charge is 2.15. The highest BCUT2D eigenvalue weighted by molar-refractivity contribution is 5.89. The smallest absolute Gasteiger partial charge is 0.220 e. The largest absolute Gasteiger partial charge is 0.384 e. The third kappa shape index (κ3) is 2.74. The molecule has 0 bridgehead atoms. The summed E-state index contributed by atoms with van der Waals surface area (Å²) < 4.78 is 0. The average Bonchev–Trinajstić information content (AvgIpc) is 2.62. The first kappa shape index (κ1) is 15.0. The van der Waals surface area contributed by atoms with Crippen LogP contribution in [0.5, 0.6) is 0 Å². The predicted octanol–water partition coefficient (Wildman–Crippen LogP) is 3.23. The van der Waals surface area contributed by atoms with Crippen LogP contribution in [0.2, 0.25) is 0 Å². The summed E-state index contributed by atoms with van der Waals surface area (Å²) in [7, 11) is 0. The number of anilines is 2. The first-order valence-corrected chi connectivity index (χ1v) is 7.83. The fraction of sp³-hybridized carbons (Fsp3) is 0.0526. The Morgan fingerprint density at radius 1 is 0.880 bits per heavy atom.